The monoisotopic (exact) mass is 468 g/mol. The summed E-state index contributed by atoms with van der Waals surface area (Å²) in [7, 11) is 0. The van der Waals surface area contributed by atoms with Gasteiger partial charge in [-0.05, 0) is 122 Å². The van der Waals surface area contributed by atoms with E-state index in [1.807, 2.05) is 0 Å². The Morgan fingerprint density at radius 3 is 2.12 bits per heavy atom. The molecular formula is C32H52O2. The number of esters is 1. The molecule has 2 heteroatoms. The lowest BCUT2D eigenvalue weighted by molar-refractivity contribution is -0.248. The lowest BCUT2D eigenvalue weighted by atomic mass is 9.32. The molecule has 6 unspecified atom stereocenters. The largest absolute Gasteiger partial charge is 0.462 e. The molecule has 5 fully saturated rings. The van der Waals surface area contributed by atoms with Crippen molar-refractivity contribution in [3.8, 4) is 0 Å². The van der Waals surface area contributed by atoms with Crippen molar-refractivity contribution in [2.75, 3.05) is 0 Å². The summed E-state index contributed by atoms with van der Waals surface area (Å²) in [6.07, 6.45) is 13.4. The Labute approximate surface area is 210 Å². The van der Waals surface area contributed by atoms with Crippen LogP contribution in [0.3, 0.4) is 0 Å². The van der Waals surface area contributed by atoms with Crippen molar-refractivity contribution in [3.63, 3.8) is 0 Å². The minimum absolute atomic E-state index is 0.0550. The van der Waals surface area contributed by atoms with Crippen molar-refractivity contribution in [2.24, 2.45) is 56.7 Å². The molecule has 2 nitrogen and oxygen atoms in total. The molecule has 34 heavy (non-hydrogen) atoms. The second kappa shape index (κ2) is 7.61. The first kappa shape index (κ1) is 24.9. The van der Waals surface area contributed by atoms with Gasteiger partial charge in [0.15, 0.2) is 0 Å². The topological polar surface area (TPSA) is 26.3 Å². The first-order valence-corrected chi connectivity index (χ1v) is 14.5. The van der Waals surface area contributed by atoms with Crippen LogP contribution in [0.4, 0.5) is 0 Å². The van der Waals surface area contributed by atoms with Crippen LogP contribution in [0.25, 0.3) is 0 Å². The Morgan fingerprint density at radius 1 is 0.765 bits per heavy atom. The Morgan fingerprint density at radius 2 is 1.47 bits per heavy atom. The summed E-state index contributed by atoms with van der Waals surface area (Å²) in [5, 5.41) is 0. The second-order valence-electron chi connectivity index (χ2n) is 15.3. The average molecular weight is 469 g/mol. The van der Waals surface area contributed by atoms with Crippen LogP contribution in [0.15, 0.2) is 12.2 Å². The highest BCUT2D eigenvalue weighted by atomic mass is 16.5. The normalized spacial score (nSPS) is 53.6. The molecule has 5 rings (SSSR count). The van der Waals surface area contributed by atoms with E-state index in [-0.39, 0.29) is 17.5 Å². The summed E-state index contributed by atoms with van der Waals surface area (Å²) in [5.41, 5.74) is 3.23. The smallest absolute Gasteiger partial charge is 0.302 e. The van der Waals surface area contributed by atoms with Crippen molar-refractivity contribution in [3.05, 3.63) is 12.2 Å². The summed E-state index contributed by atoms with van der Waals surface area (Å²) in [6, 6.07) is 0. The zero-order valence-corrected chi connectivity index (χ0v) is 23.6. The van der Waals surface area contributed by atoms with E-state index in [1.54, 1.807) is 6.92 Å². The number of hydrogen-bond donors (Lipinski definition) is 0. The molecule has 0 radical (unpaired) electrons. The SMILES string of the molecule is C=C(C)[C@@H]1CCC2(C)CC[C@]3(C)C(CCC4C5(C)CC[C@@H](OC(C)=O)C(C)(C)[C@@H]5CCC43C)C12. The number of rotatable bonds is 2. The van der Waals surface area contributed by atoms with E-state index >= 15 is 0 Å². The first-order valence-electron chi connectivity index (χ1n) is 14.5. The maximum atomic E-state index is 11.9. The van der Waals surface area contributed by atoms with E-state index in [4.69, 9.17) is 4.74 Å². The van der Waals surface area contributed by atoms with E-state index in [1.165, 1.54) is 63.4 Å². The van der Waals surface area contributed by atoms with Gasteiger partial charge in [0.2, 0.25) is 0 Å². The fraction of sp³-hybridized carbons (Fsp3) is 0.906. The molecule has 0 saturated heterocycles. The van der Waals surface area contributed by atoms with Crippen LogP contribution in [0.1, 0.15) is 120 Å². The highest BCUT2D eigenvalue weighted by Gasteiger charge is 2.70. The van der Waals surface area contributed by atoms with Gasteiger partial charge in [0, 0.05) is 12.3 Å². The fourth-order valence-electron chi connectivity index (χ4n) is 11.9. The Balaban J connectivity index is 1.50. The van der Waals surface area contributed by atoms with Gasteiger partial charge in [-0.3, -0.25) is 4.79 Å². The van der Waals surface area contributed by atoms with Crippen LogP contribution >= 0.6 is 0 Å². The summed E-state index contributed by atoms with van der Waals surface area (Å²) in [5.74, 6) is 3.74. The van der Waals surface area contributed by atoms with Gasteiger partial charge < -0.3 is 4.74 Å². The number of allylic oxidation sites excluding steroid dienone is 1. The number of hydrogen-bond acceptors (Lipinski definition) is 2. The van der Waals surface area contributed by atoms with Crippen LogP contribution in [0.5, 0.6) is 0 Å². The van der Waals surface area contributed by atoms with Gasteiger partial charge in [-0.15, -0.1) is 0 Å². The Kier molecular flexibility index (Phi) is 5.57. The predicted octanol–water partition coefficient (Wildman–Crippen LogP) is 8.60. The summed E-state index contributed by atoms with van der Waals surface area (Å²) < 4.78 is 5.91. The van der Waals surface area contributed by atoms with E-state index in [9.17, 15) is 4.79 Å². The molecule has 0 heterocycles. The van der Waals surface area contributed by atoms with Gasteiger partial charge in [-0.1, -0.05) is 53.7 Å². The maximum absolute atomic E-state index is 11.9. The van der Waals surface area contributed by atoms with Crippen LogP contribution in [0, 0.1) is 56.7 Å². The molecule has 0 spiro atoms. The van der Waals surface area contributed by atoms with Crippen molar-refractivity contribution >= 4 is 5.97 Å². The summed E-state index contributed by atoms with van der Waals surface area (Å²) >= 11 is 0. The molecule has 5 saturated carbocycles. The quantitative estimate of drug-likeness (QED) is 0.299. The maximum Gasteiger partial charge on any atom is 0.302 e. The third kappa shape index (κ3) is 3.08. The summed E-state index contributed by atoms with van der Waals surface area (Å²) in [4.78, 5) is 11.9. The van der Waals surface area contributed by atoms with E-state index in [0.29, 0.717) is 27.6 Å². The van der Waals surface area contributed by atoms with Crippen molar-refractivity contribution in [1.82, 2.24) is 0 Å². The Bertz CT molecular complexity index is 872. The third-order valence-electron chi connectivity index (χ3n) is 13.7. The van der Waals surface area contributed by atoms with E-state index < -0.39 is 0 Å². The molecule has 0 aliphatic heterocycles. The second-order valence-corrected chi connectivity index (χ2v) is 15.3. The third-order valence-corrected chi connectivity index (χ3v) is 13.7. The molecular weight excluding hydrogens is 416 g/mol. The van der Waals surface area contributed by atoms with Crippen LogP contribution < -0.4 is 0 Å². The molecule has 10 atom stereocenters. The average Bonchev–Trinajstić information content (AvgIpc) is 3.08. The highest BCUT2D eigenvalue weighted by Crippen LogP contribution is 2.77. The number of carbonyl (C=O) groups excluding carboxylic acids is 1. The lowest BCUT2D eigenvalue weighted by Gasteiger charge is -2.73. The van der Waals surface area contributed by atoms with Crippen molar-refractivity contribution in [2.45, 2.75) is 126 Å². The molecule has 5 aliphatic rings. The lowest BCUT2D eigenvalue weighted by Crippen LogP contribution is -2.66. The zero-order chi connectivity index (χ0) is 24.9. The molecule has 192 valence electrons. The minimum atomic E-state index is -0.107. The number of fused-ring (bicyclic) bond motifs is 7. The molecule has 0 aromatic heterocycles. The van der Waals surface area contributed by atoms with Gasteiger partial charge in [0.25, 0.3) is 0 Å². The molecule has 0 N–H and O–H groups in total. The van der Waals surface area contributed by atoms with Gasteiger partial charge in [-0.2, -0.15) is 0 Å². The van der Waals surface area contributed by atoms with Crippen LogP contribution in [-0.4, -0.2) is 12.1 Å². The molecule has 0 aromatic carbocycles. The minimum Gasteiger partial charge on any atom is -0.462 e. The molecule has 5 aliphatic carbocycles. The molecule has 0 amide bonds. The van der Waals surface area contributed by atoms with Gasteiger partial charge in [-0.25, -0.2) is 0 Å². The summed E-state index contributed by atoms with van der Waals surface area (Å²) in [6.45, 7) is 23.9. The fourth-order valence-corrected chi connectivity index (χ4v) is 11.9. The van der Waals surface area contributed by atoms with Crippen LogP contribution in [0.2, 0.25) is 0 Å². The molecule has 0 bridgehead atoms. The highest BCUT2D eigenvalue weighted by molar-refractivity contribution is 5.66. The standard InChI is InChI=1S/C32H52O2/c1-20(2)22-12-15-29(6)18-19-31(8)23(27(22)29)10-11-25-30(7)16-14-26(34-21(3)33)28(4,5)24(30)13-17-32(25,31)9/h22-27H,1,10-19H2,2-9H3/t22-,23?,24-,25?,26+,27?,29?,30?,31+,32?/m0/s1. The van der Waals surface area contributed by atoms with E-state index in [0.717, 1.165) is 30.1 Å². The van der Waals surface area contributed by atoms with Crippen LogP contribution in [-0.2, 0) is 9.53 Å². The van der Waals surface area contributed by atoms with Crippen molar-refractivity contribution in [1.29, 1.82) is 0 Å². The number of carbonyl (C=O) groups is 1. The molecule has 0 aromatic rings. The predicted molar refractivity (Wildman–Crippen MR) is 140 cm³/mol. The van der Waals surface area contributed by atoms with Gasteiger partial charge in [0.05, 0.1) is 0 Å². The van der Waals surface area contributed by atoms with Gasteiger partial charge in [0.1, 0.15) is 6.10 Å². The number of ether oxygens (including phenoxy) is 1. The Hall–Kier alpha value is -0.790. The van der Waals surface area contributed by atoms with Gasteiger partial charge >= 0.3 is 5.97 Å². The zero-order valence-electron chi connectivity index (χ0n) is 23.6. The van der Waals surface area contributed by atoms with E-state index in [2.05, 4.69) is 55.0 Å². The first-order chi connectivity index (χ1) is 15.7. The van der Waals surface area contributed by atoms with Crippen molar-refractivity contribution < 1.29 is 9.53 Å².